The molecule has 4 heteroatoms. The molecule has 19 heavy (non-hydrogen) atoms. The summed E-state index contributed by atoms with van der Waals surface area (Å²) in [5.74, 6) is 0. The predicted octanol–water partition coefficient (Wildman–Crippen LogP) is 0.858. The van der Waals surface area contributed by atoms with Gasteiger partial charge in [-0.15, -0.1) is 0 Å². The lowest BCUT2D eigenvalue weighted by Gasteiger charge is -2.18. The molecule has 0 bridgehead atoms. The van der Waals surface area contributed by atoms with Gasteiger partial charge in [-0.2, -0.15) is 0 Å². The topological polar surface area (TPSA) is 44.7 Å². The zero-order valence-electron chi connectivity index (χ0n) is 11.6. The number of aliphatic hydroxyl groups is 1. The number of hydrogen-bond donors (Lipinski definition) is 2. The summed E-state index contributed by atoms with van der Waals surface area (Å²) in [7, 11) is 2.14. The van der Waals surface area contributed by atoms with E-state index in [1.54, 1.807) is 0 Å². The molecule has 0 aliphatic carbocycles. The summed E-state index contributed by atoms with van der Waals surface area (Å²) in [6.07, 6.45) is 0.731. The molecule has 4 nitrogen and oxygen atoms in total. The highest BCUT2D eigenvalue weighted by atomic mass is 16.5. The highest BCUT2D eigenvalue weighted by Crippen LogP contribution is 2.05. The van der Waals surface area contributed by atoms with E-state index in [4.69, 9.17) is 4.74 Å². The van der Waals surface area contributed by atoms with Crippen LogP contribution in [0.2, 0.25) is 0 Å². The lowest BCUT2D eigenvalue weighted by Crippen LogP contribution is -2.40. The standard InChI is InChI=1S/C15H24N2O2/c1-17(10-13-6-3-2-4-7-13)9-5-8-16-14-11-19-12-15(14)18/h2-4,6-7,14-16,18H,5,8-12H2,1H3. The fourth-order valence-corrected chi connectivity index (χ4v) is 2.35. The number of nitrogens with one attached hydrogen (secondary N) is 1. The van der Waals surface area contributed by atoms with Crippen molar-refractivity contribution in [1.82, 2.24) is 10.2 Å². The van der Waals surface area contributed by atoms with Gasteiger partial charge in [0.05, 0.1) is 25.4 Å². The Bertz CT molecular complexity index is 358. The molecule has 1 aromatic carbocycles. The third kappa shape index (κ3) is 4.91. The molecule has 1 fully saturated rings. The largest absolute Gasteiger partial charge is 0.389 e. The lowest BCUT2D eigenvalue weighted by molar-refractivity contribution is 0.122. The van der Waals surface area contributed by atoms with Gasteiger partial charge in [0.2, 0.25) is 0 Å². The molecule has 1 saturated heterocycles. The number of benzene rings is 1. The Balaban J connectivity index is 1.58. The molecule has 106 valence electrons. The molecular weight excluding hydrogens is 240 g/mol. The van der Waals surface area contributed by atoms with Crippen LogP contribution in [-0.2, 0) is 11.3 Å². The average molecular weight is 264 g/mol. The SMILES string of the molecule is CN(CCCNC1COCC1O)Cc1ccccc1. The smallest absolute Gasteiger partial charge is 0.0948 e. The van der Waals surface area contributed by atoms with Crippen molar-refractivity contribution in [2.24, 2.45) is 0 Å². The summed E-state index contributed by atoms with van der Waals surface area (Å²) in [5.41, 5.74) is 1.34. The highest BCUT2D eigenvalue weighted by Gasteiger charge is 2.24. The minimum absolute atomic E-state index is 0.111. The van der Waals surface area contributed by atoms with Gasteiger partial charge in [0.25, 0.3) is 0 Å². The number of ether oxygens (including phenoxy) is 1. The Kier molecular flexibility index (Phi) is 5.79. The molecule has 1 aliphatic heterocycles. The van der Waals surface area contributed by atoms with Crippen LogP contribution in [0.5, 0.6) is 0 Å². The fourth-order valence-electron chi connectivity index (χ4n) is 2.35. The summed E-state index contributed by atoms with van der Waals surface area (Å²) in [6.45, 7) is 4.04. The molecule has 0 radical (unpaired) electrons. The summed E-state index contributed by atoms with van der Waals surface area (Å²) in [6, 6.07) is 10.6. The average Bonchev–Trinajstić information content (AvgIpc) is 2.81. The van der Waals surface area contributed by atoms with Crippen molar-refractivity contribution in [3.63, 3.8) is 0 Å². The van der Waals surface area contributed by atoms with Gasteiger partial charge < -0.3 is 20.1 Å². The van der Waals surface area contributed by atoms with Gasteiger partial charge in [0, 0.05) is 6.54 Å². The summed E-state index contributed by atoms with van der Waals surface area (Å²) in [5, 5.41) is 12.9. The van der Waals surface area contributed by atoms with Crippen LogP contribution in [0.3, 0.4) is 0 Å². The van der Waals surface area contributed by atoms with E-state index in [2.05, 4.69) is 41.5 Å². The molecule has 1 heterocycles. The van der Waals surface area contributed by atoms with E-state index >= 15 is 0 Å². The molecule has 2 atom stereocenters. The van der Waals surface area contributed by atoms with Gasteiger partial charge in [0.15, 0.2) is 0 Å². The molecule has 0 spiro atoms. The summed E-state index contributed by atoms with van der Waals surface area (Å²) < 4.78 is 5.20. The molecule has 2 rings (SSSR count). The summed E-state index contributed by atoms with van der Waals surface area (Å²) >= 11 is 0. The second-order valence-electron chi connectivity index (χ2n) is 5.24. The van der Waals surface area contributed by atoms with Crippen molar-refractivity contribution in [3.8, 4) is 0 Å². The Hall–Kier alpha value is -0.940. The minimum atomic E-state index is -0.345. The van der Waals surface area contributed by atoms with Crippen molar-refractivity contribution in [3.05, 3.63) is 35.9 Å². The van der Waals surface area contributed by atoms with Gasteiger partial charge in [-0.3, -0.25) is 0 Å². The van der Waals surface area contributed by atoms with Crippen molar-refractivity contribution in [2.75, 3.05) is 33.4 Å². The second-order valence-corrected chi connectivity index (χ2v) is 5.24. The van der Waals surface area contributed by atoms with Crippen molar-refractivity contribution < 1.29 is 9.84 Å². The van der Waals surface area contributed by atoms with E-state index < -0.39 is 0 Å². The van der Waals surface area contributed by atoms with Crippen molar-refractivity contribution in [2.45, 2.75) is 25.1 Å². The van der Waals surface area contributed by atoms with Gasteiger partial charge >= 0.3 is 0 Å². The quantitative estimate of drug-likeness (QED) is 0.717. The molecular formula is C15H24N2O2. The first-order valence-corrected chi connectivity index (χ1v) is 6.97. The van der Waals surface area contributed by atoms with Gasteiger partial charge in [0.1, 0.15) is 0 Å². The van der Waals surface area contributed by atoms with E-state index in [1.807, 2.05) is 6.07 Å². The molecule has 1 aromatic rings. The Labute approximate surface area is 115 Å². The van der Waals surface area contributed by atoms with E-state index in [0.29, 0.717) is 13.2 Å². The molecule has 0 aromatic heterocycles. The minimum Gasteiger partial charge on any atom is -0.389 e. The molecule has 2 N–H and O–H groups in total. The van der Waals surface area contributed by atoms with Crippen LogP contribution in [0.4, 0.5) is 0 Å². The van der Waals surface area contributed by atoms with Crippen LogP contribution < -0.4 is 5.32 Å². The summed E-state index contributed by atoms with van der Waals surface area (Å²) in [4.78, 5) is 2.32. The first-order valence-electron chi connectivity index (χ1n) is 6.97. The molecule has 2 unspecified atom stereocenters. The Morgan fingerprint density at radius 2 is 2.11 bits per heavy atom. The van der Waals surface area contributed by atoms with Crippen LogP contribution in [0.15, 0.2) is 30.3 Å². The second kappa shape index (κ2) is 7.60. The predicted molar refractivity (Wildman–Crippen MR) is 76.0 cm³/mol. The first kappa shape index (κ1) is 14.5. The van der Waals surface area contributed by atoms with Crippen LogP contribution in [0.25, 0.3) is 0 Å². The zero-order valence-corrected chi connectivity index (χ0v) is 11.6. The maximum Gasteiger partial charge on any atom is 0.0948 e. The normalized spacial score (nSPS) is 23.1. The number of nitrogens with zero attached hydrogens (tertiary/aromatic N) is 1. The van der Waals surface area contributed by atoms with Crippen molar-refractivity contribution in [1.29, 1.82) is 0 Å². The highest BCUT2D eigenvalue weighted by molar-refractivity contribution is 5.14. The zero-order chi connectivity index (χ0) is 13.5. The Morgan fingerprint density at radius 3 is 2.79 bits per heavy atom. The number of hydrogen-bond acceptors (Lipinski definition) is 4. The van der Waals surface area contributed by atoms with Crippen LogP contribution in [0.1, 0.15) is 12.0 Å². The maximum absolute atomic E-state index is 9.59. The Morgan fingerprint density at radius 1 is 1.32 bits per heavy atom. The van der Waals surface area contributed by atoms with Crippen LogP contribution in [0, 0.1) is 0 Å². The maximum atomic E-state index is 9.59. The fraction of sp³-hybridized carbons (Fsp3) is 0.600. The molecule has 0 saturated carbocycles. The van der Waals surface area contributed by atoms with Crippen LogP contribution in [-0.4, -0.2) is 55.5 Å². The van der Waals surface area contributed by atoms with Crippen LogP contribution >= 0.6 is 0 Å². The third-order valence-corrected chi connectivity index (χ3v) is 3.47. The van der Waals surface area contributed by atoms with Gasteiger partial charge in [-0.25, -0.2) is 0 Å². The third-order valence-electron chi connectivity index (χ3n) is 3.47. The molecule has 0 amide bonds. The monoisotopic (exact) mass is 264 g/mol. The lowest BCUT2D eigenvalue weighted by atomic mass is 10.2. The van der Waals surface area contributed by atoms with Crippen molar-refractivity contribution >= 4 is 0 Å². The number of rotatable bonds is 7. The van der Waals surface area contributed by atoms with E-state index in [9.17, 15) is 5.11 Å². The number of aliphatic hydroxyl groups excluding tert-OH is 1. The first-order chi connectivity index (χ1) is 9.25. The van der Waals surface area contributed by atoms with E-state index in [-0.39, 0.29) is 12.1 Å². The van der Waals surface area contributed by atoms with E-state index in [0.717, 1.165) is 26.1 Å². The van der Waals surface area contributed by atoms with Gasteiger partial charge in [-0.05, 0) is 32.1 Å². The van der Waals surface area contributed by atoms with E-state index in [1.165, 1.54) is 5.56 Å². The van der Waals surface area contributed by atoms with Gasteiger partial charge in [-0.1, -0.05) is 30.3 Å². The molecule has 1 aliphatic rings.